The zero-order valence-corrected chi connectivity index (χ0v) is 27.0. The van der Waals surface area contributed by atoms with Gasteiger partial charge in [-0.15, -0.1) is 0 Å². The Morgan fingerprint density at radius 1 is 1.05 bits per heavy atom. The van der Waals surface area contributed by atoms with E-state index in [2.05, 4.69) is 0 Å². The van der Waals surface area contributed by atoms with Crippen molar-refractivity contribution in [1.82, 2.24) is 4.90 Å². The highest BCUT2D eigenvalue weighted by molar-refractivity contribution is 7.94. The molecule has 2 saturated heterocycles. The van der Waals surface area contributed by atoms with E-state index in [1.807, 2.05) is 81.1 Å². The highest BCUT2D eigenvalue weighted by Gasteiger charge is 2.53. The van der Waals surface area contributed by atoms with Gasteiger partial charge in [0.1, 0.15) is 0 Å². The van der Waals surface area contributed by atoms with Gasteiger partial charge in [-0.2, -0.15) is 0 Å². The Bertz CT molecular complexity index is 1370. The molecule has 0 saturated carbocycles. The Hall–Kier alpha value is -1.90. The number of carbonyl (C=O) groups excluding carboxylic acids is 1. The fourth-order valence-electron chi connectivity index (χ4n) is 6.08. The van der Waals surface area contributed by atoms with Gasteiger partial charge in [-0.05, 0) is 82.3 Å². The molecule has 224 valence electrons. The number of amides is 1. The first-order valence-electron chi connectivity index (χ1n) is 14.2. The maximum Gasteiger partial charge on any atom is 0.229 e. The lowest BCUT2D eigenvalue weighted by atomic mass is 9.66. The van der Waals surface area contributed by atoms with Gasteiger partial charge in [0.2, 0.25) is 5.91 Å². The zero-order chi connectivity index (χ0) is 30.2. The van der Waals surface area contributed by atoms with Crippen LogP contribution in [0.4, 0.5) is 0 Å². The van der Waals surface area contributed by atoms with Crippen molar-refractivity contribution in [1.29, 1.82) is 0 Å². The zero-order valence-electron chi connectivity index (χ0n) is 24.6. The van der Waals surface area contributed by atoms with Crippen LogP contribution in [-0.4, -0.2) is 49.0 Å². The molecule has 2 fully saturated rings. The van der Waals surface area contributed by atoms with Crippen LogP contribution >= 0.6 is 23.2 Å². The van der Waals surface area contributed by atoms with Gasteiger partial charge in [0.15, 0.2) is 15.6 Å². The summed E-state index contributed by atoms with van der Waals surface area (Å²) in [7, 11) is -3.47. The summed E-state index contributed by atoms with van der Waals surface area (Å²) in [5.41, 5.74) is 1.14. The minimum absolute atomic E-state index is 0.0394. The Kier molecular flexibility index (Phi) is 9.66. The summed E-state index contributed by atoms with van der Waals surface area (Å²) in [6.07, 6.45) is 3.00. The van der Waals surface area contributed by atoms with Crippen LogP contribution in [0.5, 0.6) is 0 Å². The van der Waals surface area contributed by atoms with Gasteiger partial charge in [-0.3, -0.25) is 4.79 Å². The summed E-state index contributed by atoms with van der Waals surface area (Å²) < 4.78 is 37.6. The molecule has 41 heavy (non-hydrogen) atoms. The molecule has 1 amide bonds. The van der Waals surface area contributed by atoms with E-state index in [0.29, 0.717) is 35.9 Å². The maximum atomic E-state index is 14.7. The lowest BCUT2D eigenvalue weighted by molar-refractivity contribution is -0.161. The van der Waals surface area contributed by atoms with Crippen LogP contribution in [0.15, 0.2) is 60.0 Å². The SMILES string of the molecule is CCC(/C=C/S(=O)(=O)C(C)C)N1C(=O)[C@@](C)(C[C@H]2COC(C)(C)O2)C[C@H](c2cccc(Cl)c2)[C@H]1c1ccc(Cl)cc1. The van der Waals surface area contributed by atoms with Crippen LogP contribution in [0.2, 0.25) is 10.0 Å². The van der Waals surface area contributed by atoms with Gasteiger partial charge in [0, 0.05) is 26.8 Å². The summed E-state index contributed by atoms with van der Waals surface area (Å²) in [4.78, 5) is 16.6. The monoisotopic (exact) mass is 621 g/mol. The number of likely N-dealkylation sites (tertiary alicyclic amines) is 1. The van der Waals surface area contributed by atoms with Crippen LogP contribution < -0.4 is 0 Å². The Morgan fingerprint density at radius 2 is 1.73 bits per heavy atom. The van der Waals surface area contributed by atoms with Crippen molar-refractivity contribution < 1.29 is 22.7 Å². The summed E-state index contributed by atoms with van der Waals surface area (Å²) in [6.45, 7) is 11.4. The number of carbonyl (C=O) groups is 1. The number of benzene rings is 2. The minimum atomic E-state index is -3.47. The molecular weight excluding hydrogens is 581 g/mol. The van der Waals surface area contributed by atoms with Gasteiger partial charge < -0.3 is 14.4 Å². The van der Waals surface area contributed by atoms with Crippen LogP contribution in [-0.2, 0) is 24.1 Å². The van der Waals surface area contributed by atoms with Crippen molar-refractivity contribution in [2.24, 2.45) is 5.41 Å². The number of sulfone groups is 1. The fourth-order valence-corrected chi connectivity index (χ4v) is 7.12. The molecule has 2 heterocycles. The fraction of sp³-hybridized carbons (Fsp3) is 0.531. The highest BCUT2D eigenvalue weighted by Crippen LogP contribution is 2.53. The smallest absolute Gasteiger partial charge is 0.229 e. The largest absolute Gasteiger partial charge is 0.348 e. The highest BCUT2D eigenvalue weighted by atomic mass is 35.5. The third-order valence-electron chi connectivity index (χ3n) is 8.26. The van der Waals surface area contributed by atoms with Crippen molar-refractivity contribution in [3.05, 3.63) is 81.2 Å². The van der Waals surface area contributed by atoms with Crippen LogP contribution in [0.3, 0.4) is 0 Å². The summed E-state index contributed by atoms with van der Waals surface area (Å²) in [5.74, 6) is -0.879. The number of hydrogen-bond donors (Lipinski definition) is 0. The van der Waals surface area contributed by atoms with Crippen molar-refractivity contribution in [2.45, 2.75) is 95.9 Å². The predicted octanol–water partition coefficient (Wildman–Crippen LogP) is 7.71. The molecule has 6 nitrogen and oxygen atoms in total. The van der Waals surface area contributed by atoms with Gasteiger partial charge in [0.05, 0.1) is 30.0 Å². The first kappa shape index (κ1) is 32.0. The second kappa shape index (κ2) is 12.4. The maximum absolute atomic E-state index is 14.7. The third kappa shape index (κ3) is 7.19. The van der Waals surface area contributed by atoms with E-state index in [0.717, 1.165) is 11.1 Å². The van der Waals surface area contributed by atoms with Gasteiger partial charge in [-0.25, -0.2) is 8.42 Å². The van der Waals surface area contributed by atoms with E-state index in [4.69, 9.17) is 32.7 Å². The molecule has 2 aliphatic heterocycles. The molecule has 0 aliphatic carbocycles. The minimum Gasteiger partial charge on any atom is -0.348 e. The van der Waals surface area contributed by atoms with Crippen molar-refractivity contribution in [3.8, 4) is 0 Å². The van der Waals surface area contributed by atoms with Gasteiger partial charge in [0.25, 0.3) is 0 Å². The van der Waals surface area contributed by atoms with E-state index < -0.39 is 32.3 Å². The van der Waals surface area contributed by atoms with Crippen LogP contribution in [0.1, 0.15) is 83.9 Å². The number of ether oxygens (including phenoxy) is 2. The Labute approximate surface area is 254 Å². The van der Waals surface area contributed by atoms with Gasteiger partial charge in [-0.1, -0.05) is 67.4 Å². The predicted molar refractivity (Wildman–Crippen MR) is 165 cm³/mol. The number of nitrogens with zero attached hydrogens (tertiary/aromatic N) is 1. The first-order chi connectivity index (χ1) is 19.2. The van der Waals surface area contributed by atoms with E-state index >= 15 is 0 Å². The molecule has 4 rings (SSSR count). The molecule has 1 unspecified atom stereocenters. The Balaban J connectivity index is 1.88. The molecule has 5 atom stereocenters. The first-order valence-corrected chi connectivity index (χ1v) is 16.6. The summed E-state index contributed by atoms with van der Waals surface area (Å²) in [6, 6.07) is 14.5. The number of piperidine rings is 1. The van der Waals surface area contributed by atoms with Crippen molar-refractivity contribution >= 4 is 38.9 Å². The van der Waals surface area contributed by atoms with Crippen molar-refractivity contribution in [3.63, 3.8) is 0 Å². The molecule has 0 N–H and O–H groups in total. The lowest BCUT2D eigenvalue weighted by Gasteiger charge is -2.52. The lowest BCUT2D eigenvalue weighted by Crippen LogP contribution is -2.56. The molecule has 2 aromatic carbocycles. The second-order valence-corrected chi connectivity index (χ2v) is 15.5. The quantitative estimate of drug-likeness (QED) is 0.287. The molecule has 2 aromatic rings. The van der Waals surface area contributed by atoms with Crippen LogP contribution in [0.25, 0.3) is 0 Å². The topological polar surface area (TPSA) is 72.9 Å². The molecule has 2 aliphatic rings. The normalized spacial score (nSPS) is 27.6. The summed E-state index contributed by atoms with van der Waals surface area (Å²) >= 11 is 12.8. The average molecular weight is 623 g/mol. The van der Waals surface area contributed by atoms with E-state index in [-0.39, 0.29) is 24.0 Å². The standard InChI is InChI=1S/C32H41Cl2NO5S/c1-7-26(15-16-41(37,38)21(2)3)35-29(22-11-13-24(33)14-12-22)28(23-9-8-10-25(34)17-23)19-32(6,30(35)36)18-27-20-39-31(4,5)40-27/h8-17,21,26-29H,7,18-20H2,1-6H3/b16-15+/t26?,27-,28+,29+,32-/m0/s1. The van der Waals surface area contributed by atoms with Crippen LogP contribution in [0, 0.1) is 5.41 Å². The van der Waals surface area contributed by atoms with Gasteiger partial charge >= 0.3 is 0 Å². The van der Waals surface area contributed by atoms with E-state index in [9.17, 15) is 13.2 Å². The second-order valence-electron chi connectivity index (χ2n) is 12.2. The van der Waals surface area contributed by atoms with E-state index in [1.54, 1.807) is 19.9 Å². The molecule has 0 radical (unpaired) electrons. The average Bonchev–Trinajstić information content (AvgIpc) is 3.24. The third-order valence-corrected chi connectivity index (χ3v) is 10.6. The molecule has 0 bridgehead atoms. The summed E-state index contributed by atoms with van der Waals surface area (Å²) in [5, 5.41) is 1.93. The number of halogens is 2. The molecule has 9 heteroatoms. The number of hydrogen-bond acceptors (Lipinski definition) is 5. The number of rotatable bonds is 9. The van der Waals surface area contributed by atoms with Crippen molar-refractivity contribution in [2.75, 3.05) is 6.61 Å². The van der Waals surface area contributed by atoms with E-state index in [1.165, 1.54) is 5.41 Å². The molecule has 0 aromatic heterocycles. The molecule has 0 spiro atoms. The Morgan fingerprint density at radius 3 is 2.29 bits per heavy atom. The molecular formula is C32H41Cl2NO5S.